The molecule has 1 saturated heterocycles. The van der Waals surface area contributed by atoms with Gasteiger partial charge in [-0.25, -0.2) is 13.1 Å². The minimum Gasteiger partial charge on any atom is -0.337 e. The lowest BCUT2D eigenvalue weighted by molar-refractivity contribution is -0.128. The van der Waals surface area contributed by atoms with Gasteiger partial charge in [-0.2, -0.15) is 0 Å². The van der Waals surface area contributed by atoms with Crippen molar-refractivity contribution in [2.75, 3.05) is 6.54 Å². The average molecular weight is 330 g/mol. The first-order valence-electron chi connectivity index (χ1n) is 7.44. The van der Waals surface area contributed by atoms with Gasteiger partial charge in [-0.15, -0.1) is 0 Å². The summed E-state index contributed by atoms with van der Waals surface area (Å²) >= 11 is 0. The Balaban J connectivity index is 1.66. The van der Waals surface area contributed by atoms with Crippen molar-refractivity contribution < 1.29 is 13.2 Å². The van der Waals surface area contributed by atoms with E-state index in [4.69, 9.17) is 0 Å². The van der Waals surface area contributed by atoms with E-state index in [1.807, 2.05) is 30.3 Å². The molecule has 1 aliphatic heterocycles. The fourth-order valence-electron chi connectivity index (χ4n) is 2.69. The van der Waals surface area contributed by atoms with E-state index in [0.717, 1.165) is 5.56 Å². The second-order valence-electron chi connectivity index (χ2n) is 5.60. The topological polar surface area (TPSA) is 66.5 Å². The Morgan fingerprint density at radius 2 is 1.61 bits per heavy atom. The summed E-state index contributed by atoms with van der Waals surface area (Å²) in [6.45, 7) is 0.892. The maximum Gasteiger partial charge on any atom is 0.240 e. The minimum atomic E-state index is -3.59. The number of hydrogen-bond donors (Lipinski definition) is 1. The molecule has 0 radical (unpaired) electrons. The SMILES string of the molecule is O=C1C[C@H](NS(=O)(=O)c2ccccc2)CN1Cc1ccccc1. The molecule has 1 fully saturated rings. The quantitative estimate of drug-likeness (QED) is 0.908. The summed E-state index contributed by atoms with van der Waals surface area (Å²) in [5.41, 5.74) is 1.03. The lowest BCUT2D eigenvalue weighted by atomic mass is 10.2. The summed E-state index contributed by atoms with van der Waals surface area (Å²) < 4.78 is 27.3. The monoisotopic (exact) mass is 330 g/mol. The molecule has 0 bridgehead atoms. The molecular formula is C17H18N2O3S. The maximum atomic E-state index is 12.3. The fraction of sp³-hybridized carbons (Fsp3) is 0.235. The molecule has 1 amide bonds. The van der Waals surface area contributed by atoms with Crippen LogP contribution in [0, 0.1) is 0 Å². The molecule has 120 valence electrons. The zero-order valence-corrected chi connectivity index (χ0v) is 13.4. The summed E-state index contributed by atoms with van der Waals surface area (Å²) in [6.07, 6.45) is 0.193. The van der Waals surface area contributed by atoms with Gasteiger partial charge in [-0.3, -0.25) is 4.79 Å². The van der Waals surface area contributed by atoms with E-state index in [-0.39, 0.29) is 17.2 Å². The summed E-state index contributed by atoms with van der Waals surface area (Å²) in [7, 11) is -3.59. The predicted octanol–water partition coefficient (Wildman–Crippen LogP) is 1.77. The molecule has 0 saturated carbocycles. The van der Waals surface area contributed by atoms with Crippen LogP contribution in [0.3, 0.4) is 0 Å². The number of carbonyl (C=O) groups excluding carboxylic acids is 1. The fourth-order valence-corrected chi connectivity index (χ4v) is 3.94. The zero-order valence-electron chi connectivity index (χ0n) is 12.6. The molecule has 5 nitrogen and oxygen atoms in total. The second kappa shape index (κ2) is 6.52. The Labute approximate surface area is 136 Å². The molecule has 0 spiro atoms. The molecule has 3 rings (SSSR count). The third-order valence-corrected chi connectivity index (χ3v) is 5.34. The van der Waals surface area contributed by atoms with E-state index in [9.17, 15) is 13.2 Å². The van der Waals surface area contributed by atoms with Gasteiger partial charge >= 0.3 is 0 Å². The molecule has 23 heavy (non-hydrogen) atoms. The number of likely N-dealkylation sites (tertiary alicyclic amines) is 1. The van der Waals surface area contributed by atoms with Crippen molar-refractivity contribution in [1.82, 2.24) is 9.62 Å². The van der Waals surface area contributed by atoms with Crippen LogP contribution in [0.4, 0.5) is 0 Å². The highest BCUT2D eigenvalue weighted by Crippen LogP contribution is 2.17. The largest absolute Gasteiger partial charge is 0.337 e. The lowest BCUT2D eigenvalue weighted by Crippen LogP contribution is -2.36. The summed E-state index contributed by atoms with van der Waals surface area (Å²) in [6, 6.07) is 17.5. The number of nitrogens with one attached hydrogen (secondary N) is 1. The normalized spacial score (nSPS) is 18.3. The van der Waals surface area contributed by atoms with E-state index < -0.39 is 16.1 Å². The van der Waals surface area contributed by atoms with Crippen LogP contribution in [-0.4, -0.2) is 31.8 Å². The summed E-state index contributed by atoms with van der Waals surface area (Å²) in [5, 5.41) is 0. The van der Waals surface area contributed by atoms with Gasteiger partial charge in [0.05, 0.1) is 4.90 Å². The smallest absolute Gasteiger partial charge is 0.240 e. The standard InChI is InChI=1S/C17H18N2O3S/c20-17-11-15(13-19(17)12-14-7-3-1-4-8-14)18-23(21,22)16-9-5-2-6-10-16/h1-10,15,18H,11-13H2/t15-/m0/s1. The van der Waals surface area contributed by atoms with Gasteiger partial charge < -0.3 is 4.90 Å². The van der Waals surface area contributed by atoms with Gasteiger partial charge in [0.25, 0.3) is 0 Å². The van der Waals surface area contributed by atoms with Crippen molar-refractivity contribution >= 4 is 15.9 Å². The third-order valence-electron chi connectivity index (χ3n) is 3.81. The number of carbonyl (C=O) groups is 1. The van der Waals surface area contributed by atoms with Gasteiger partial charge in [0.1, 0.15) is 0 Å². The van der Waals surface area contributed by atoms with E-state index in [1.165, 1.54) is 0 Å². The molecule has 0 aromatic heterocycles. The van der Waals surface area contributed by atoms with Gasteiger partial charge in [0.15, 0.2) is 0 Å². The van der Waals surface area contributed by atoms with Crippen LogP contribution in [0.2, 0.25) is 0 Å². The van der Waals surface area contributed by atoms with E-state index >= 15 is 0 Å². The van der Waals surface area contributed by atoms with Gasteiger partial charge in [0.2, 0.25) is 15.9 Å². The van der Waals surface area contributed by atoms with Crippen LogP contribution in [0.5, 0.6) is 0 Å². The van der Waals surface area contributed by atoms with Crippen LogP contribution in [0.1, 0.15) is 12.0 Å². The van der Waals surface area contributed by atoms with Crippen molar-refractivity contribution in [1.29, 1.82) is 0 Å². The molecule has 0 aliphatic carbocycles. The Hall–Kier alpha value is -2.18. The van der Waals surface area contributed by atoms with Gasteiger partial charge in [-0.1, -0.05) is 48.5 Å². The van der Waals surface area contributed by atoms with Crippen LogP contribution < -0.4 is 4.72 Å². The Kier molecular flexibility index (Phi) is 4.45. The second-order valence-corrected chi connectivity index (χ2v) is 7.31. The summed E-state index contributed by atoms with van der Waals surface area (Å²) in [5.74, 6) is -0.0328. The third kappa shape index (κ3) is 3.78. The first-order chi connectivity index (χ1) is 11.0. The Morgan fingerprint density at radius 1 is 1.00 bits per heavy atom. The van der Waals surface area contributed by atoms with Crippen LogP contribution >= 0.6 is 0 Å². The van der Waals surface area contributed by atoms with Crippen molar-refractivity contribution in [3.05, 3.63) is 66.2 Å². The number of amides is 1. The Bertz CT molecular complexity index is 776. The van der Waals surface area contributed by atoms with E-state index in [2.05, 4.69) is 4.72 Å². The van der Waals surface area contributed by atoms with Gasteiger partial charge in [0, 0.05) is 25.6 Å². The maximum absolute atomic E-state index is 12.3. The van der Waals surface area contributed by atoms with Crippen molar-refractivity contribution in [2.45, 2.75) is 23.9 Å². The Morgan fingerprint density at radius 3 is 2.26 bits per heavy atom. The van der Waals surface area contributed by atoms with E-state index in [1.54, 1.807) is 35.2 Å². The number of rotatable bonds is 5. The minimum absolute atomic E-state index is 0.0328. The average Bonchev–Trinajstić information content (AvgIpc) is 2.88. The molecule has 1 N–H and O–H groups in total. The van der Waals surface area contributed by atoms with Crippen LogP contribution in [0.25, 0.3) is 0 Å². The van der Waals surface area contributed by atoms with E-state index in [0.29, 0.717) is 13.1 Å². The van der Waals surface area contributed by atoms with Crippen molar-refractivity contribution in [2.24, 2.45) is 0 Å². The van der Waals surface area contributed by atoms with Crippen LogP contribution in [0.15, 0.2) is 65.6 Å². The highest BCUT2D eigenvalue weighted by Gasteiger charge is 2.32. The first kappa shape index (κ1) is 15.7. The molecule has 6 heteroatoms. The van der Waals surface area contributed by atoms with Crippen LogP contribution in [-0.2, 0) is 21.4 Å². The number of benzene rings is 2. The highest BCUT2D eigenvalue weighted by atomic mass is 32.2. The number of nitrogens with zero attached hydrogens (tertiary/aromatic N) is 1. The number of hydrogen-bond acceptors (Lipinski definition) is 3. The molecule has 1 heterocycles. The number of sulfonamides is 1. The molecule has 1 aliphatic rings. The molecule has 2 aromatic rings. The van der Waals surface area contributed by atoms with Crippen molar-refractivity contribution in [3.8, 4) is 0 Å². The molecule has 0 unspecified atom stereocenters. The first-order valence-corrected chi connectivity index (χ1v) is 8.92. The molecular weight excluding hydrogens is 312 g/mol. The lowest BCUT2D eigenvalue weighted by Gasteiger charge is -2.17. The summed E-state index contributed by atoms with van der Waals surface area (Å²) in [4.78, 5) is 14.0. The van der Waals surface area contributed by atoms with Crippen molar-refractivity contribution in [3.63, 3.8) is 0 Å². The van der Waals surface area contributed by atoms with Gasteiger partial charge in [-0.05, 0) is 17.7 Å². The zero-order chi connectivity index (χ0) is 16.3. The molecule has 2 aromatic carbocycles. The molecule has 1 atom stereocenters. The highest BCUT2D eigenvalue weighted by molar-refractivity contribution is 7.89. The predicted molar refractivity (Wildman–Crippen MR) is 87.0 cm³/mol.